The molecule has 1 saturated heterocycles. The molecule has 1 aliphatic rings. The number of pyridine rings is 1. The van der Waals surface area contributed by atoms with Crippen molar-refractivity contribution in [3.05, 3.63) is 18.3 Å². The van der Waals surface area contributed by atoms with E-state index in [0.29, 0.717) is 0 Å². The maximum Gasteiger partial charge on any atom is 0.171 e. The van der Waals surface area contributed by atoms with E-state index in [1.54, 1.807) is 7.11 Å². The molecule has 0 aliphatic carbocycles. The van der Waals surface area contributed by atoms with Crippen molar-refractivity contribution in [1.29, 1.82) is 0 Å². The lowest BCUT2D eigenvalue weighted by molar-refractivity contribution is 0.413. The van der Waals surface area contributed by atoms with Crippen molar-refractivity contribution < 1.29 is 4.74 Å². The maximum atomic E-state index is 5.33. The van der Waals surface area contributed by atoms with Crippen LogP contribution in [0.3, 0.4) is 0 Å². The summed E-state index contributed by atoms with van der Waals surface area (Å²) in [5, 5.41) is 3.23. The van der Waals surface area contributed by atoms with Gasteiger partial charge in [0.25, 0.3) is 0 Å². The Balaban J connectivity index is 2.08. The van der Waals surface area contributed by atoms with Crippen LogP contribution >= 0.6 is 0 Å². The number of hydrogen-bond donors (Lipinski definition) is 1. The average molecular weight is 221 g/mol. The number of methoxy groups -OCH3 is 1. The molecule has 0 saturated carbocycles. The highest BCUT2D eigenvalue weighted by Crippen LogP contribution is 2.29. The molecular weight excluding hydrogens is 202 g/mol. The van der Waals surface area contributed by atoms with Gasteiger partial charge in [-0.3, -0.25) is 0 Å². The van der Waals surface area contributed by atoms with Crippen LogP contribution in [0.1, 0.15) is 6.42 Å². The second-order valence-electron chi connectivity index (χ2n) is 4.19. The Morgan fingerprint density at radius 2 is 2.50 bits per heavy atom. The molecule has 1 aliphatic heterocycles. The van der Waals surface area contributed by atoms with E-state index in [4.69, 9.17) is 4.74 Å². The van der Waals surface area contributed by atoms with Crippen LogP contribution in [0.4, 0.5) is 5.82 Å². The van der Waals surface area contributed by atoms with Crippen LogP contribution in [-0.2, 0) is 0 Å². The fraction of sp³-hybridized carbons (Fsp3) is 0.583. The topological polar surface area (TPSA) is 37.4 Å². The molecule has 0 spiro atoms. The summed E-state index contributed by atoms with van der Waals surface area (Å²) in [6, 6.07) is 3.87. The summed E-state index contributed by atoms with van der Waals surface area (Å²) in [5.41, 5.74) is 0. The lowest BCUT2D eigenvalue weighted by Crippen LogP contribution is -2.25. The first-order valence-electron chi connectivity index (χ1n) is 5.73. The SMILES string of the molecule is CNCC1CCN(c2ncccc2OC)C1. The van der Waals surface area contributed by atoms with Gasteiger partial charge in [-0.05, 0) is 38.1 Å². The van der Waals surface area contributed by atoms with E-state index in [9.17, 15) is 0 Å². The summed E-state index contributed by atoms with van der Waals surface area (Å²) in [4.78, 5) is 6.71. The lowest BCUT2D eigenvalue weighted by Gasteiger charge is -2.19. The van der Waals surface area contributed by atoms with Crippen molar-refractivity contribution in [2.75, 3.05) is 38.7 Å². The average Bonchev–Trinajstić information content (AvgIpc) is 2.78. The molecule has 0 radical (unpaired) electrons. The van der Waals surface area contributed by atoms with Gasteiger partial charge in [0.1, 0.15) is 0 Å². The first-order chi connectivity index (χ1) is 7.85. The number of rotatable bonds is 4. The van der Waals surface area contributed by atoms with Gasteiger partial charge in [0.2, 0.25) is 0 Å². The number of ether oxygens (including phenoxy) is 1. The number of aromatic nitrogens is 1. The van der Waals surface area contributed by atoms with E-state index >= 15 is 0 Å². The largest absolute Gasteiger partial charge is 0.493 e. The van der Waals surface area contributed by atoms with E-state index in [2.05, 4.69) is 15.2 Å². The standard InChI is InChI=1S/C12H19N3O/c1-13-8-10-5-7-15(9-10)12-11(16-2)4-3-6-14-12/h3-4,6,10,13H,5,7-9H2,1-2H3. The van der Waals surface area contributed by atoms with Gasteiger partial charge in [-0.15, -0.1) is 0 Å². The summed E-state index contributed by atoms with van der Waals surface area (Å²) < 4.78 is 5.33. The van der Waals surface area contributed by atoms with Crippen molar-refractivity contribution in [2.45, 2.75) is 6.42 Å². The molecular formula is C12H19N3O. The molecule has 2 rings (SSSR count). The van der Waals surface area contributed by atoms with Gasteiger partial charge in [-0.1, -0.05) is 0 Å². The van der Waals surface area contributed by atoms with Gasteiger partial charge < -0.3 is 15.0 Å². The first-order valence-corrected chi connectivity index (χ1v) is 5.73. The molecule has 4 nitrogen and oxygen atoms in total. The summed E-state index contributed by atoms with van der Waals surface area (Å²) in [6.45, 7) is 3.21. The third kappa shape index (κ3) is 2.27. The number of nitrogens with zero attached hydrogens (tertiary/aromatic N) is 2. The second kappa shape index (κ2) is 5.16. The fourth-order valence-electron chi connectivity index (χ4n) is 2.26. The van der Waals surface area contributed by atoms with E-state index in [1.807, 2.05) is 25.4 Å². The molecule has 1 fully saturated rings. The van der Waals surface area contributed by atoms with E-state index in [0.717, 1.165) is 37.1 Å². The predicted octanol–water partition coefficient (Wildman–Crippen LogP) is 1.14. The minimum atomic E-state index is 0.719. The van der Waals surface area contributed by atoms with Gasteiger partial charge in [0.15, 0.2) is 11.6 Å². The number of nitrogens with one attached hydrogen (secondary N) is 1. The van der Waals surface area contributed by atoms with Gasteiger partial charge in [-0.25, -0.2) is 4.98 Å². The third-order valence-corrected chi connectivity index (χ3v) is 3.05. The van der Waals surface area contributed by atoms with Crippen LogP contribution in [0, 0.1) is 5.92 Å². The highest BCUT2D eigenvalue weighted by molar-refractivity contribution is 5.52. The first kappa shape index (κ1) is 11.2. The molecule has 0 aromatic carbocycles. The number of hydrogen-bond acceptors (Lipinski definition) is 4. The Morgan fingerprint density at radius 3 is 3.25 bits per heavy atom. The van der Waals surface area contributed by atoms with Crippen molar-refractivity contribution in [2.24, 2.45) is 5.92 Å². The molecule has 88 valence electrons. The van der Waals surface area contributed by atoms with Crippen LogP contribution in [0.5, 0.6) is 5.75 Å². The van der Waals surface area contributed by atoms with Gasteiger partial charge in [-0.2, -0.15) is 0 Å². The molecule has 1 aromatic heterocycles. The Labute approximate surface area is 96.6 Å². The van der Waals surface area contributed by atoms with Crippen LogP contribution in [0.2, 0.25) is 0 Å². The second-order valence-corrected chi connectivity index (χ2v) is 4.19. The molecule has 2 heterocycles. The van der Waals surface area contributed by atoms with Crippen LogP contribution in [-0.4, -0.2) is 38.8 Å². The summed E-state index contributed by atoms with van der Waals surface area (Å²) in [6.07, 6.45) is 3.05. The molecule has 1 N–H and O–H groups in total. The lowest BCUT2D eigenvalue weighted by atomic mass is 10.1. The van der Waals surface area contributed by atoms with Crippen LogP contribution in [0.25, 0.3) is 0 Å². The minimum Gasteiger partial charge on any atom is -0.493 e. The van der Waals surface area contributed by atoms with Gasteiger partial charge in [0.05, 0.1) is 7.11 Å². The monoisotopic (exact) mass is 221 g/mol. The zero-order valence-electron chi connectivity index (χ0n) is 9.94. The van der Waals surface area contributed by atoms with E-state index < -0.39 is 0 Å². The van der Waals surface area contributed by atoms with Crippen molar-refractivity contribution >= 4 is 5.82 Å². The van der Waals surface area contributed by atoms with Gasteiger partial charge >= 0.3 is 0 Å². The zero-order chi connectivity index (χ0) is 11.4. The molecule has 16 heavy (non-hydrogen) atoms. The van der Waals surface area contributed by atoms with Gasteiger partial charge in [0, 0.05) is 19.3 Å². The Hall–Kier alpha value is -1.29. The number of anilines is 1. The zero-order valence-corrected chi connectivity index (χ0v) is 9.94. The van der Waals surface area contributed by atoms with Crippen LogP contribution < -0.4 is 15.0 Å². The third-order valence-electron chi connectivity index (χ3n) is 3.05. The summed E-state index contributed by atoms with van der Waals surface area (Å²) >= 11 is 0. The van der Waals surface area contributed by atoms with Crippen LogP contribution in [0.15, 0.2) is 18.3 Å². The van der Waals surface area contributed by atoms with Crippen molar-refractivity contribution in [1.82, 2.24) is 10.3 Å². The van der Waals surface area contributed by atoms with E-state index in [1.165, 1.54) is 6.42 Å². The highest BCUT2D eigenvalue weighted by atomic mass is 16.5. The molecule has 1 atom stereocenters. The minimum absolute atomic E-state index is 0.719. The Morgan fingerprint density at radius 1 is 1.62 bits per heavy atom. The highest BCUT2D eigenvalue weighted by Gasteiger charge is 2.24. The molecule has 1 unspecified atom stereocenters. The summed E-state index contributed by atoms with van der Waals surface area (Å²) in [7, 11) is 3.70. The van der Waals surface area contributed by atoms with Crippen molar-refractivity contribution in [3.8, 4) is 5.75 Å². The maximum absolute atomic E-state index is 5.33. The molecule has 0 amide bonds. The molecule has 4 heteroatoms. The van der Waals surface area contributed by atoms with Crippen molar-refractivity contribution in [3.63, 3.8) is 0 Å². The van der Waals surface area contributed by atoms with E-state index in [-0.39, 0.29) is 0 Å². The Bertz CT molecular complexity index is 343. The normalized spacial score (nSPS) is 20.1. The fourth-order valence-corrected chi connectivity index (χ4v) is 2.26. The smallest absolute Gasteiger partial charge is 0.171 e. The predicted molar refractivity (Wildman–Crippen MR) is 65.0 cm³/mol. The quantitative estimate of drug-likeness (QED) is 0.827. The summed E-state index contributed by atoms with van der Waals surface area (Å²) in [5.74, 6) is 2.56. The molecule has 0 bridgehead atoms. The molecule has 1 aromatic rings. The Kier molecular flexibility index (Phi) is 3.62.